The van der Waals surface area contributed by atoms with Crippen LogP contribution in [0.2, 0.25) is 0 Å². The van der Waals surface area contributed by atoms with Gasteiger partial charge in [0.25, 0.3) is 0 Å². The number of oxime groups is 1. The van der Waals surface area contributed by atoms with Crippen molar-refractivity contribution in [2.24, 2.45) is 22.9 Å². The zero-order valence-corrected chi connectivity index (χ0v) is 33.2. The van der Waals surface area contributed by atoms with Gasteiger partial charge in [-0.1, -0.05) is 67.4 Å². The minimum absolute atomic E-state index is 0.0621. The summed E-state index contributed by atoms with van der Waals surface area (Å²) in [4.78, 5) is 22.2. The van der Waals surface area contributed by atoms with E-state index in [4.69, 9.17) is 28.9 Å². The van der Waals surface area contributed by atoms with E-state index < -0.39 is 29.4 Å². The van der Waals surface area contributed by atoms with Gasteiger partial charge >= 0.3 is 6.09 Å². The number of carbonyl (C=O) groups is 1. The first kappa shape index (κ1) is 42.2. The molecule has 1 aliphatic heterocycles. The number of allylic oxidation sites excluding steroid dienone is 1. The average molecular weight is 763 g/mol. The molecule has 0 radical (unpaired) electrons. The highest BCUT2D eigenvalue weighted by molar-refractivity contribution is 6.03. The number of fused-ring (bicyclic) bond motifs is 2. The molecule has 1 saturated carbocycles. The van der Waals surface area contributed by atoms with E-state index >= 15 is 0 Å². The average Bonchev–Trinajstić information content (AvgIpc) is 3.16. The lowest BCUT2D eigenvalue weighted by Crippen LogP contribution is -2.70. The Hall–Kier alpha value is -3.90. The second-order valence-electron chi connectivity index (χ2n) is 15.8. The number of amides is 1. The molecule has 0 aromatic heterocycles. The summed E-state index contributed by atoms with van der Waals surface area (Å²) in [7, 11) is 0. The molecule has 2 aromatic carbocycles. The summed E-state index contributed by atoms with van der Waals surface area (Å²) in [6.07, 6.45) is 9.04. The number of phenols is 1. The van der Waals surface area contributed by atoms with Gasteiger partial charge in [0.05, 0.1) is 31.5 Å². The Labute approximate surface area is 326 Å². The predicted molar refractivity (Wildman–Crippen MR) is 212 cm³/mol. The van der Waals surface area contributed by atoms with Crippen LogP contribution in [0.1, 0.15) is 96.1 Å². The number of hydrogen-bond donors (Lipinski definition) is 3. The zero-order chi connectivity index (χ0) is 39.4. The summed E-state index contributed by atoms with van der Waals surface area (Å²) in [6.45, 7) is 13.3. The van der Waals surface area contributed by atoms with Crippen molar-refractivity contribution in [2.75, 3.05) is 39.6 Å². The van der Waals surface area contributed by atoms with Crippen molar-refractivity contribution >= 4 is 11.8 Å². The molecule has 1 heterocycles. The molecular weight excluding hydrogens is 700 g/mol. The topological polar surface area (TPSA) is 140 Å². The Morgan fingerprint density at radius 3 is 2.49 bits per heavy atom. The molecular formula is C44H62N2O9. The third-order valence-corrected chi connectivity index (χ3v) is 10.7. The Bertz CT molecular complexity index is 1610. The predicted octanol–water partition coefficient (Wildman–Crippen LogP) is 7.89. The standard InChI is InChI=1S/C44H62N2O9/c1-6-21-46(42(50)52-26-25-51-30-31-15-9-8-10-16-31)39-29-37(45-55-43(3,4)5)35-27-32(17-11-13-22-47)34(18-12-14-23-48)40-36-28-33(49)19-20-38(36)54-44(39,41(35)40)53-24-7-2/h7-10,15-16,19-20,27-28,32,34,39-41,47-49H,2,6,11-14,17-18,21-26,29-30H2,1,3-5H3/t32-,34+,39-,40+,41+,44+/m0/s1. The Morgan fingerprint density at radius 2 is 1.80 bits per heavy atom. The molecule has 11 nitrogen and oxygen atoms in total. The Balaban J connectivity index is 1.62. The number of benzene rings is 2. The van der Waals surface area contributed by atoms with Crippen molar-refractivity contribution in [1.29, 1.82) is 0 Å². The van der Waals surface area contributed by atoms with E-state index in [1.807, 2.05) is 58.0 Å². The first-order chi connectivity index (χ1) is 26.6. The minimum atomic E-state index is -1.39. The number of rotatable bonds is 20. The summed E-state index contributed by atoms with van der Waals surface area (Å²) >= 11 is 0. The first-order valence-electron chi connectivity index (χ1n) is 20.1. The molecule has 0 saturated heterocycles. The maximum absolute atomic E-state index is 14.3. The van der Waals surface area contributed by atoms with E-state index in [2.05, 4.69) is 12.7 Å². The Morgan fingerprint density at radius 1 is 1.05 bits per heavy atom. The van der Waals surface area contributed by atoms with Gasteiger partial charge < -0.3 is 39.1 Å². The number of aromatic hydroxyl groups is 1. The van der Waals surface area contributed by atoms with Crippen LogP contribution < -0.4 is 4.74 Å². The van der Waals surface area contributed by atoms with Crippen molar-refractivity contribution in [2.45, 2.75) is 109 Å². The van der Waals surface area contributed by atoms with Crippen molar-refractivity contribution in [3.05, 3.63) is 84.0 Å². The third-order valence-electron chi connectivity index (χ3n) is 10.7. The number of aliphatic hydroxyl groups excluding tert-OH is 2. The number of ether oxygens (including phenoxy) is 4. The maximum Gasteiger partial charge on any atom is 0.410 e. The summed E-state index contributed by atoms with van der Waals surface area (Å²) < 4.78 is 25.9. The number of unbranched alkanes of at least 4 members (excludes halogenated alkanes) is 2. The van der Waals surface area contributed by atoms with E-state index in [9.17, 15) is 20.1 Å². The zero-order valence-electron chi connectivity index (χ0n) is 33.2. The van der Waals surface area contributed by atoms with Crippen LogP contribution in [0.3, 0.4) is 0 Å². The van der Waals surface area contributed by atoms with E-state index in [-0.39, 0.29) is 63.0 Å². The molecule has 0 spiro atoms. The van der Waals surface area contributed by atoms with E-state index in [1.54, 1.807) is 29.2 Å². The summed E-state index contributed by atoms with van der Waals surface area (Å²) in [5, 5.41) is 35.3. The third kappa shape index (κ3) is 10.3. The van der Waals surface area contributed by atoms with E-state index in [1.165, 1.54) is 0 Å². The lowest BCUT2D eigenvalue weighted by molar-refractivity contribution is -0.255. The maximum atomic E-state index is 14.3. The normalized spacial score (nSPS) is 24.9. The number of nitrogens with zero attached hydrogens (tertiary/aromatic N) is 2. The molecule has 1 amide bonds. The summed E-state index contributed by atoms with van der Waals surface area (Å²) in [5.74, 6) is -1.20. The van der Waals surface area contributed by atoms with Crippen LogP contribution in [0.5, 0.6) is 11.5 Å². The smallest absolute Gasteiger partial charge is 0.410 e. The monoisotopic (exact) mass is 762 g/mol. The fourth-order valence-electron chi connectivity index (χ4n) is 8.50. The quantitative estimate of drug-likeness (QED) is 0.0698. The van der Waals surface area contributed by atoms with E-state index in [0.717, 1.165) is 42.4 Å². The molecule has 0 bridgehead atoms. The van der Waals surface area contributed by atoms with Gasteiger partial charge in [-0.05, 0) is 94.0 Å². The lowest BCUT2D eigenvalue weighted by Gasteiger charge is -2.60. The molecule has 11 heteroatoms. The van der Waals surface area contributed by atoms with Gasteiger partial charge in [0, 0.05) is 37.7 Å². The Kier molecular flexibility index (Phi) is 15.2. The number of phenolic OH excluding ortho intramolecular Hbond substituents is 1. The van der Waals surface area contributed by atoms with Crippen LogP contribution in [0.4, 0.5) is 4.79 Å². The number of hydrogen-bond acceptors (Lipinski definition) is 10. The first-order valence-corrected chi connectivity index (χ1v) is 20.1. The highest BCUT2D eigenvalue weighted by Gasteiger charge is 2.65. The molecule has 0 unspecified atom stereocenters. The van der Waals surface area contributed by atoms with Crippen molar-refractivity contribution in [3.8, 4) is 11.5 Å². The molecule has 1 fully saturated rings. The van der Waals surface area contributed by atoms with Gasteiger partial charge in [-0.25, -0.2) is 4.79 Å². The van der Waals surface area contributed by atoms with Gasteiger partial charge in [-0.2, -0.15) is 0 Å². The molecule has 3 N–H and O–H groups in total. The van der Waals surface area contributed by atoms with Crippen molar-refractivity contribution < 1.29 is 43.9 Å². The molecule has 5 rings (SSSR count). The molecule has 302 valence electrons. The van der Waals surface area contributed by atoms with Crippen LogP contribution in [0, 0.1) is 17.8 Å². The number of aliphatic hydroxyl groups is 2. The van der Waals surface area contributed by atoms with Gasteiger partial charge in [0.15, 0.2) is 0 Å². The van der Waals surface area contributed by atoms with Gasteiger partial charge in [0.2, 0.25) is 5.79 Å². The fraction of sp³-hybridized carbons (Fsp3) is 0.591. The van der Waals surface area contributed by atoms with Crippen LogP contribution in [-0.2, 0) is 25.7 Å². The fourth-order valence-corrected chi connectivity index (χ4v) is 8.50. The van der Waals surface area contributed by atoms with Gasteiger partial charge in [-0.15, -0.1) is 6.58 Å². The van der Waals surface area contributed by atoms with Crippen molar-refractivity contribution in [1.82, 2.24) is 4.90 Å². The lowest BCUT2D eigenvalue weighted by atomic mass is 9.55. The van der Waals surface area contributed by atoms with Crippen LogP contribution in [0.15, 0.2) is 78.0 Å². The molecule has 3 aliphatic rings. The second-order valence-corrected chi connectivity index (χ2v) is 15.8. The highest BCUT2D eigenvalue weighted by Crippen LogP contribution is 2.62. The van der Waals surface area contributed by atoms with Crippen LogP contribution >= 0.6 is 0 Å². The SMILES string of the molecule is C=CCO[C@@]12Oc3ccc(O)cc3[C@H]3[C@H](CCCCO)[C@@H](CCCCO)C=C(C(=NOC(C)(C)C)C[C@@H]1N(CCC)C(=O)OCCOCc1ccccc1)[C@H]32. The van der Waals surface area contributed by atoms with Crippen molar-refractivity contribution in [3.63, 3.8) is 0 Å². The molecule has 2 aliphatic carbocycles. The number of carbonyl (C=O) groups excluding carboxylic acids is 1. The van der Waals surface area contributed by atoms with E-state index in [0.29, 0.717) is 43.9 Å². The van der Waals surface area contributed by atoms with Gasteiger partial charge in [-0.3, -0.25) is 4.90 Å². The summed E-state index contributed by atoms with van der Waals surface area (Å²) in [6, 6.07) is 14.4. The minimum Gasteiger partial charge on any atom is -0.508 e. The van der Waals surface area contributed by atoms with Crippen LogP contribution in [-0.4, -0.2) is 89.0 Å². The summed E-state index contributed by atoms with van der Waals surface area (Å²) in [5.41, 5.74) is 2.97. The molecule has 6 atom stereocenters. The molecule has 55 heavy (non-hydrogen) atoms. The van der Waals surface area contributed by atoms with Gasteiger partial charge in [0.1, 0.15) is 29.7 Å². The van der Waals surface area contributed by atoms with Crippen LogP contribution in [0.25, 0.3) is 0 Å². The molecule has 2 aromatic rings. The largest absolute Gasteiger partial charge is 0.508 e. The second kappa shape index (κ2) is 19.8. The highest BCUT2D eigenvalue weighted by atomic mass is 16.7.